The summed E-state index contributed by atoms with van der Waals surface area (Å²) in [6.45, 7) is 5.21. The van der Waals surface area contributed by atoms with Gasteiger partial charge in [-0.1, -0.05) is 32.4 Å². The van der Waals surface area contributed by atoms with Gasteiger partial charge in [-0.2, -0.15) is 13.2 Å². The topological polar surface area (TPSA) is 105 Å². The summed E-state index contributed by atoms with van der Waals surface area (Å²) in [6, 6.07) is 1.87. The highest BCUT2D eigenvalue weighted by Crippen LogP contribution is 2.36. The molecule has 32 heavy (non-hydrogen) atoms. The van der Waals surface area contributed by atoms with Crippen LogP contribution in [0.5, 0.6) is 0 Å². The van der Waals surface area contributed by atoms with E-state index in [-0.39, 0.29) is 11.6 Å². The molecule has 0 aliphatic rings. The van der Waals surface area contributed by atoms with Crippen LogP contribution in [0.25, 0.3) is 0 Å². The number of nitrogens with one attached hydrogen (secondary N) is 2. The zero-order valence-electron chi connectivity index (χ0n) is 18.2. The van der Waals surface area contributed by atoms with Gasteiger partial charge in [0.15, 0.2) is 6.61 Å². The maximum Gasteiger partial charge on any atom is 0.417 e. The predicted octanol–water partition coefficient (Wildman–Crippen LogP) is 2.85. The summed E-state index contributed by atoms with van der Waals surface area (Å²) in [5.41, 5.74) is -1.98. The molecule has 0 saturated carbocycles. The van der Waals surface area contributed by atoms with Gasteiger partial charge in [0.25, 0.3) is 5.91 Å². The summed E-state index contributed by atoms with van der Waals surface area (Å²) in [5, 5.41) is 4.18. The van der Waals surface area contributed by atoms with Crippen LogP contribution in [0, 0.1) is 5.41 Å². The minimum absolute atomic E-state index is 0.151. The van der Waals surface area contributed by atoms with E-state index < -0.39 is 59.2 Å². The largest absolute Gasteiger partial charge is 0.454 e. The van der Waals surface area contributed by atoms with Crippen molar-refractivity contribution in [3.8, 4) is 0 Å². The van der Waals surface area contributed by atoms with E-state index in [0.29, 0.717) is 6.07 Å². The maximum atomic E-state index is 12.9. The van der Waals surface area contributed by atoms with Crippen LogP contribution < -0.4 is 10.6 Å². The SMILES string of the molecule is CC(NC(=O)C(C)(C)C)C(=O)OCC(=O)N(C)CC(=O)Nc1ccc(Cl)c(C(F)(F)F)c1. The van der Waals surface area contributed by atoms with Crippen LogP contribution in [-0.4, -0.2) is 54.8 Å². The number of carbonyl (C=O) groups excluding carboxylic acids is 4. The van der Waals surface area contributed by atoms with Crippen LogP contribution in [0.15, 0.2) is 18.2 Å². The lowest BCUT2D eigenvalue weighted by molar-refractivity contribution is -0.154. The Bertz CT molecular complexity index is 884. The summed E-state index contributed by atoms with van der Waals surface area (Å²) in [6.07, 6.45) is -4.70. The van der Waals surface area contributed by atoms with Crippen molar-refractivity contribution in [2.45, 2.75) is 39.9 Å². The monoisotopic (exact) mass is 479 g/mol. The first-order valence-electron chi connectivity index (χ1n) is 9.40. The molecule has 0 heterocycles. The number of hydrogen-bond donors (Lipinski definition) is 2. The van der Waals surface area contributed by atoms with Crippen molar-refractivity contribution in [3.63, 3.8) is 0 Å². The second-order valence-corrected chi connectivity index (χ2v) is 8.45. The van der Waals surface area contributed by atoms with Gasteiger partial charge in [-0.25, -0.2) is 4.79 Å². The van der Waals surface area contributed by atoms with Gasteiger partial charge < -0.3 is 20.3 Å². The summed E-state index contributed by atoms with van der Waals surface area (Å²) < 4.78 is 43.6. The van der Waals surface area contributed by atoms with E-state index in [9.17, 15) is 32.3 Å². The molecular weight excluding hydrogens is 455 g/mol. The zero-order chi connectivity index (χ0) is 24.9. The fraction of sp³-hybridized carbons (Fsp3) is 0.500. The molecule has 0 aliphatic heterocycles. The number of amides is 3. The first kappa shape index (κ1) is 27.2. The second kappa shape index (κ2) is 10.7. The highest BCUT2D eigenvalue weighted by Gasteiger charge is 2.33. The smallest absolute Gasteiger partial charge is 0.417 e. The molecule has 1 aromatic rings. The van der Waals surface area contributed by atoms with Gasteiger partial charge >= 0.3 is 12.1 Å². The molecule has 0 spiro atoms. The number of nitrogens with zero attached hydrogens (tertiary/aromatic N) is 1. The third-order valence-corrected chi connectivity index (χ3v) is 4.41. The molecule has 0 fully saturated rings. The van der Waals surface area contributed by atoms with Gasteiger partial charge in [0.05, 0.1) is 17.1 Å². The predicted molar refractivity (Wildman–Crippen MR) is 111 cm³/mol. The van der Waals surface area contributed by atoms with E-state index in [0.717, 1.165) is 11.0 Å². The molecular formula is C20H25ClF3N3O5. The number of halogens is 4. The van der Waals surface area contributed by atoms with Crippen molar-refractivity contribution < 1.29 is 37.1 Å². The summed E-state index contributed by atoms with van der Waals surface area (Å²) in [5.74, 6) is -2.71. The number of benzene rings is 1. The molecule has 3 amide bonds. The average molecular weight is 480 g/mol. The van der Waals surface area contributed by atoms with Crippen molar-refractivity contribution >= 4 is 41.0 Å². The minimum atomic E-state index is -4.70. The van der Waals surface area contributed by atoms with Gasteiger partial charge in [0.1, 0.15) is 6.04 Å². The van der Waals surface area contributed by atoms with Gasteiger partial charge in [-0.15, -0.1) is 0 Å². The molecule has 0 aliphatic carbocycles. The van der Waals surface area contributed by atoms with Crippen LogP contribution in [0.4, 0.5) is 18.9 Å². The number of carbonyl (C=O) groups is 4. The lowest BCUT2D eigenvalue weighted by Crippen LogP contribution is -2.45. The van der Waals surface area contributed by atoms with Gasteiger partial charge in [0, 0.05) is 18.2 Å². The third kappa shape index (κ3) is 8.37. The van der Waals surface area contributed by atoms with E-state index in [1.165, 1.54) is 20.0 Å². The quantitative estimate of drug-likeness (QED) is 0.585. The Labute approximate surface area is 188 Å². The summed E-state index contributed by atoms with van der Waals surface area (Å²) in [4.78, 5) is 48.9. The fourth-order valence-electron chi connectivity index (χ4n) is 2.16. The van der Waals surface area contributed by atoms with Crippen molar-refractivity contribution in [1.82, 2.24) is 10.2 Å². The lowest BCUT2D eigenvalue weighted by atomic mass is 9.95. The Morgan fingerprint density at radius 2 is 1.75 bits per heavy atom. The first-order valence-corrected chi connectivity index (χ1v) is 9.78. The molecule has 0 radical (unpaired) electrons. The Kier molecular flexibility index (Phi) is 9.07. The van der Waals surface area contributed by atoms with Crippen LogP contribution >= 0.6 is 11.6 Å². The van der Waals surface area contributed by atoms with Crippen molar-refractivity contribution in [2.24, 2.45) is 5.41 Å². The van der Waals surface area contributed by atoms with Crippen LogP contribution in [0.3, 0.4) is 0 Å². The van der Waals surface area contributed by atoms with Gasteiger partial charge in [-0.3, -0.25) is 14.4 Å². The molecule has 1 atom stereocenters. The average Bonchev–Trinajstić information content (AvgIpc) is 2.65. The summed E-state index contributed by atoms with van der Waals surface area (Å²) in [7, 11) is 1.25. The molecule has 0 saturated heterocycles. The first-order chi connectivity index (χ1) is 14.5. The Balaban J connectivity index is 2.58. The molecule has 1 unspecified atom stereocenters. The number of esters is 1. The third-order valence-electron chi connectivity index (χ3n) is 4.08. The standard InChI is InChI=1S/C20H25ClF3N3O5/c1-11(25-18(31)19(2,3)4)17(30)32-10-16(29)27(5)9-15(28)26-12-6-7-14(21)13(8-12)20(22,23)24/h6-8,11H,9-10H2,1-5H3,(H,25,31)(H,26,28). The lowest BCUT2D eigenvalue weighted by Gasteiger charge is -2.21. The molecule has 178 valence electrons. The van der Waals surface area contributed by atoms with Gasteiger partial charge in [-0.05, 0) is 25.1 Å². The highest BCUT2D eigenvalue weighted by atomic mass is 35.5. The van der Waals surface area contributed by atoms with Crippen molar-refractivity contribution in [3.05, 3.63) is 28.8 Å². The van der Waals surface area contributed by atoms with Crippen LogP contribution in [0.2, 0.25) is 5.02 Å². The van der Waals surface area contributed by atoms with E-state index in [1.54, 1.807) is 20.8 Å². The number of hydrogen-bond acceptors (Lipinski definition) is 5. The summed E-state index contributed by atoms with van der Waals surface area (Å²) >= 11 is 5.53. The number of rotatable bonds is 7. The van der Waals surface area contributed by atoms with E-state index in [4.69, 9.17) is 16.3 Å². The number of ether oxygens (including phenoxy) is 1. The fourth-order valence-corrected chi connectivity index (χ4v) is 2.39. The molecule has 0 aromatic heterocycles. The molecule has 12 heteroatoms. The maximum absolute atomic E-state index is 12.9. The Morgan fingerprint density at radius 3 is 2.28 bits per heavy atom. The zero-order valence-corrected chi connectivity index (χ0v) is 19.0. The normalized spacial score (nSPS) is 12.5. The molecule has 1 aromatic carbocycles. The van der Waals surface area contributed by atoms with E-state index in [2.05, 4.69) is 10.6 Å². The number of likely N-dealkylation sites (N-methyl/N-ethyl adjacent to an activating group) is 1. The second-order valence-electron chi connectivity index (χ2n) is 8.04. The highest BCUT2D eigenvalue weighted by molar-refractivity contribution is 6.31. The van der Waals surface area contributed by atoms with Crippen molar-refractivity contribution in [1.29, 1.82) is 0 Å². The molecule has 1 rings (SSSR count). The van der Waals surface area contributed by atoms with Crippen LogP contribution in [-0.2, 0) is 30.1 Å². The minimum Gasteiger partial charge on any atom is -0.454 e. The number of alkyl halides is 3. The van der Waals surface area contributed by atoms with Crippen LogP contribution in [0.1, 0.15) is 33.3 Å². The van der Waals surface area contributed by atoms with E-state index >= 15 is 0 Å². The number of anilines is 1. The Morgan fingerprint density at radius 1 is 1.16 bits per heavy atom. The molecule has 0 bridgehead atoms. The van der Waals surface area contributed by atoms with E-state index in [1.807, 2.05) is 0 Å². The Hall–Kier alpha value is -2.82. The molecule has 8 nitrogen and oxygen atoms in total. The molecule has 2 N–H and O–H groups in total. The van der Waals surface area contributed by atoms with Gasteiger partial charge in [0.2, 0.25) is 11.8 Å². The van der Waals surface area contributed by atoms with Crippen molar-refractivity contribution in [2.75, 3.05) is 25.5 Å².